The highest BCUT2D eigenvalue weighted by molar-refractivity contribution is 14.3. The van der Waals surface area contributed by atoms with Gasteiger partial charge in [0.1, 0.15) is 29.5 Å². The first-order valence-corrected chi connectivity index (χ1v) is 22.5. The van der Waals surface area contributed by atoms with Gasteiger partial charge in [0.15, 0.2) is 19.4 Å². The number of aliphatic hydroxyl groups excluding tert-OH is 1. The summed E-state index contributed by atoms with van der Waals surface area (Å²) in [4.78, 5) is 12.7. The van der Waals surface area contributed by atoms with Gasteiger partial charge in [0.2, 0.25) is 0 Å². The van der Waals surface area contributed by atoms with E-state index in [0.717, 1.165) is 39.3 Å². The number of rotatable bonds is 8. The fourth-order valence-corrected chi connectivity index (χ4v) is 5.28. The van der Waals surface area contributed by atoms with E-state index in [1.54, 1.807) is 14.2 Å². The topological polar surface area (TPSA) is 92.7 Å². The van der Waals surface area contributed by atoms with Crippen LogP contribution in [-0.2, 0) is 9.47 Å². The number of alkyl halides is 5. The van der Waals surface area contributed by atoms with Crippen LogP contribution in [0, 0.1) is 13.8 Å². The van der Waals surface area contributed by atoms with E-state index in [1.807, 2.05) is 98.8 Å². The van der Waals surface area contributed by atoms with Crippen LogP contribution in [0.25, 0.3) is 0 Å². The van der Waals surface area contributed by atoms with Gasteiger partial charge in [0.25, 0.3) is 0 Å². The van der Waals surface area contributed by atoms with Gasteiger partial charge in [-0.3, -0.25) is 4.79 Å². The van der Waals surface area contributed by atoms with Crippen LogP contribution < -0.4 is 18.9 Å². The highest BCUT2D eigenvalue weighted by Crippen LogP contribution is 2.41. The standard InChI is InChI=1S/C18H20O4.C18H18O4.CHI3.CH2I2/c2*1-12-3-8-15-17(9-12)21-10-16(18(15)19)13-4-6-14(7-5-13)22-11-20-2;2-1(3)4;2-1-3/h3-9,16,18-19H,10-11H2,1-2H3;3-9,16H,10-11H2,1-2H3;1H;1H2. The Bertz CT molecular complexity index is 1630. The maximum Gasteiger partial charge on any atom is 0.188 e. The molecule has 0 fully saturated rings. The Balaban J connectivity index is 0.000000233. The molecule has 4 aromatic rings. The number of methoxy groups -OCH3 is 2. The molecule has 0 saturated heterocycles. The zero-order valence-corrected chi connectivity index (χ0v) is 39.4. The fraction of sp³-hybridized carbons (Fsp3) is 0.342. The second-order valence-electron chi connectivity index (χ2n) is 11.2. The number of aryl methyl sites for hydroxylation is 2. The van der Waals surface area contributed by atoms with Crippen LogP contribution in [0.3, 0.4) is 0 Å². The van der Waals surface area contributed by atoms with E-state index in [-0.39, 0.29) is 31.2 Å². The Hall–Kier alpha value is -0.720. The number of benzene rings is 4. The lowest BCUT2D eigenvalue weighted by atomic mass is 9.87. The Morgan fingerprint density at radius 2 is 1.20 bits per heavy atom. The number of fused-ring (bicyclic) bond motifs is 2. The second kappa shape index (κ2) is 23.9. The summed E-state index contributed by atoms with van der Waals surface area (Å²) in [5.41, 5.74) is 5.68. The third-order valence-electron chi connectivity index (χ3n) is 7.69. The number of hydrogen-bond donors (Lipinski definition) is 1. The second-order valence-corrected chi connectivity index (χ2v) is 26.6. The maximum atomic E-state index is 12.7. The summed E-state index contributed by atoms with van der Waals surface area (Å²) in [6.45, 7) is 5.27. The molecule has 0 radical (unpaired) electrons. The Morgan fingerprint density at radius 3 is 1.73 bits per heavy atom. The van der Waals surface area contributed by atoms with Crippen LogP contribution >= 0.6 is 113 Å². The SMILES string of the molecule is COCOc1ccc(C2COc3cc(C)ccc3C2=O)cc1.COCOc1ccc(C2COc3cc(C)ccc3C2O)cc1.IC(I)I.ICI. The lowest BCUT2D eigenvalue weighted by Crippen LogP contribution is -2.26. The van der Waals surface area contributed by atoms with Gasteiger partial charge in [-0.25, -0.2) is 0 Å². The molecule has 4 aromatic carbocycles. The number of halogens is 5. The molecule has 3 atom stereocenters. The molecule has 13 heteroatoms. The van der Waals surface area contributed by atoms with Crippen molar-refractivity contribution >= 4 is 119 Å². The molecule has 51 heavy (non-hydrogen) atoms. The van der Waals surface area contributed by atoms with Crippen molar-refractivity contribution in [1.29, 1.82) is 0 Å². The van der Waals surface area contributed by atoms with Crippen molar-refractivity contribution in [2.24, 2.45) is 0 Å². The molecule has 0 saturated carbocycles. The van der Waals surface area contributed by atoms with Crippen molar-refractivity contribution in [3.63, 3.8) is 0 Å². The quantitative estimate of drug-likeness (QED) is 0.106. The molecule has 3 unspecified atom stereocenters. The summed E-state index contributed by atoms with van der Waals surface area (Å²) in [7, 11) is 3.16. The molecule has 0 aliphatic carbocycles. The Morgan fingerprint density at radius 1 is 0.725 bits per heavy atom. The molecule has 0 spiro atoms. The average Bonchev–Trinajstić information content (AvgIpc) is 3.11. The van der Waals surface area contributed by atoms with Gasteiger partial charge in [0, 0.05) is 25.7 Å². The summed E-state index contributed by atoms with van der Waals surface area (Å²) in [6, 6.07) is 26.7. The van der Waals surface area contributed by atoms with Crippen LogP contribution in [0.15, 0.2) is 84.9 Å². The molecule has 2 heterocycles. The maximum absolute atomic E-state index is 12.7. The summed E-state index contributed by atoms with van der Waals surface area (Å²) in [5.74, 6) is 2.67. The molecular weight excluding hydrogens is 1220 g/mol. The summed E-state index contributed by atoms with van der Waals surface area (Å²) in [6.07, 6.45) is -0.560. The molecule has 2 aliphatic rings. The molecule has 0 bridgehead atoms. The van der Waals surface area contributed by atoms with E-state index < -0.39 is 6.10 Å². The molecule has 276 valence electrons. The number of carbonyl (C=O) groups is 1. The Labute approximate surface area is 369 Å². The van der Waals surface area contributed by atoms with Gasteiger partial charge in [-0.15, -0.1) is 0 Å². The molecule has 0 aromatic heterocycles. The normalized spacial score (nSPS) is 17.0. The average molecular weight is 1260 g/mol. The highest BCUT2D eigenvalue weighted by atomic mass is 127. The van der Waals surface area contributed by atoms with Crippen molar-refractivity contribution in [1.82, 2.24) is 0 Å². The van der Waals surface area contributed by atoms with Crippen LogP contribution in [0.2, 0.25) is 0 Å². The van der Waals surface area contributed by atoms with E-state index in [0.29, 0.717) is 30.3 Å². The zero-order chi connectivity index (χ0) is 37.3. The fourth-order valence-electron chi connectivity index (χ4n) is 5.28. The molecule has 6 rings (SSSR count). The van der Waals surface area contributed by atoms with Crippen LogP contribution in [0.5, 0.6) is 23.0 Å². The van der Waals surface area contributed by atoms with Gasteiger partial charge >= 0.3 is 0 Å². The van der Waals surface area contributed by atoms with E-state index >= 15 is 0 Å². The molecule has 2 aliphatic heterocycles. The first-order chi connectivity index (χ1) is 24.5. The largest absolute Gasteiger partial charge is 0.492 e. The molecular formula is C38H41I5O8. The summed E-state index contributed by atoms with van der Waals surface area (Å²) >= 11 is 11.5. The summed E-state index contributed by atoms with van der Waals surface area (Å²) in [5, 5.41) is 10.6. The third-order valence-corrected chi connectivity index (χ3v) is 7.69. The number of aliphatic hydroxyl groups is 1. The minimum Gasteiger partial charge on any atom is -0.492 e. The monoisotopic (exact) mass is 1260 g/mol. The van der Waals surface area contributed by atoms with Gasteiger partial charge in [0.05, 0.1) is 26.6 Å². The van der Waals surface area contributed by atoms with Gasteiger partial charge < -0.3 is 33.5 Å². The number of hydrogen-bond acceptors (Lipinski definition) is 8. The van der Waals surface area contributed by atoms with Crippen LogP contribution in [0.1, 0.15) is 56.1 Å². The van der Waals surface area contributed by atoms with E-state index in [2.05, 4.69) is 113 Å². The lowest BCUT2D eigenvalue weighted by Gasteiger charge is -2.31. The van der Waals surface area contributed by atoms with E-state index in [1.165, 1.54) is 2.43 Å². The predicted octanol–water partition coefficient (Wildman–Crippen LogP) is 10.9. The van der Waals surface area contributed by atoms with Gasteiger partial charge in [-0.1, -0.05) is 155 Å². The molecule has 1 N–H and O–H groups in total. The number of carbonyl (C=O) groups excluding carboxylic acids is 1. The first-order valence-electron chi connectivity index (χ1n) is 15.7. The van der Waals surface area contributed by atoms with E-state index in [4.69, 9.17) is 28.4 Å². The predicted molar refractivity (Wildman–Crippen MR) is 245 cm³/mol. The van der Waals surface area contributed by atoms with Crippen molar-refractivity contribution in [2.45, 2.75) is 31.7 Å². The van der Waals surface area contributed by atoms with E-state index in [9.17, 15) is 9.90 Å². The number of Topliss-reactive ketones (excluding diaryl/α,β-unsaturated/α-hetero) is 1. The highest BCUT2D eigenvalue weighted by Gasteiger charge is 2.31. The molecule has 0 amide bonds. The van der Waals surface area contributed by atoms with Crippen molar-refractivity contribution in [3.8, 4) is 23.0 Å². The lowest BCUT2D eigenvalue weighted by molar-refractivity contribution is 0.0509. The van der Waals surface area contributed by atoms with Gasteiger partial charge in [-0.05, 0) is 78.6 Å². The Kier molecular flexibility index (Phi) is 21.0. The number of ketones is 1. The summed E-state index contributed by atoms with van der Waals surface area (Å²) < 4.78 is 34.0. The van der Waals surface area contributed by atoms with Gasteiger partial charge in [-0.2, -0.15) is 0 Å². The van der Waals surface area contributed by atoms with Crippen molar-refractivity contribution in [3.05, 3.63) is 118 Å². The molecule has 8 nitrogen and oxygen atoms in total. The van der Waals surface area contributed by atoms with Crippen LogP contribution in [0.4, 0.5) is 0 Å². The minimum atomic E-state index is -0.560. The van der Waals surface area contributed by atoms with Crippen LogP contribution in [-0.4, -0.2) is 54.3 Å². The third kappa shape index (κ3) is 14.5. The minimum absolute atomic E-state index is 0.0771. The first kappa shape index (κ1) is 44.7. The van der Waals surface area contributed by atoms with Crippen molar-refractivity contribution < 1.29 is 38.3 Å². The smallest absolute Gasteiger partial charge is 0.188 e. The zero-order valence-electron chi connectivity index (χ0n) is 28.6. The number of ether oxygens (including phenoxy) is 6. The van der Waals surface area contributed by atoms with Crippen molar-refractivity contribution in [2.75, 3.05) is 43.5 Å².